The zero-order chi connectivity index (χ0) is 22.2. The number of nitrogens with one attached hydrogen (secondary N) is 1. The molecule has 0 radical (unpaired) electrons. The van der Waals surface area contributed by atoms with Crippen LogP contribution in [0.25, 0.3) is 0 Å². The summed E-state index contributed by atoms with van der Waals surface area (Å²) in [6, 6.07) is 31.7. The van der Waals surface area contributed by atoms with E-state index in [2.05, 4.69) is 5.32 Å². The molecule has 1 N–H and O–H groups in total. The van der Waals surface area contributed by atoms with Gasteiger partial charge in [-0.15, -0.1) is 11.3 Å². The van der Waals surface area contributed by atoms with Gasteiger partial charge in [0.2, 0.25) is 11.8 Å². The molecule has 5 heteroatoms. The van der Waals surface area contributed by atoms with E-state index in [9.17, 15) is 9.59 Å². The Kier molecular flexibility index (Phi) is 7.10. The lowest BCUT2D eigenvalue weighted by Crippen LogP contribution is -2.44. The van der Waals surface area contributed by atoms with Crippen molar-refractivity contribution in [2.45, 2.75) is 19.0 Å². The van der Waals surface area contributed by atoms with Crippen LogP contribution in [-0.4, -0.2) is 11.8 Å². The van der Waals surface area contributed by atoms with Crippen LogP contribution in [0.5, 0.6) is 0 Å². The smallest absolute Gasteiger partial charge is 0.248 e. The van der Waals surface area contributed by atoms with Gasteiger partial charge >= 0.3 is 0 Å². The number of anilines is 1. The minimum Gasteiger partial charge on any atom is -0.350 e. The minimum absolute atomic E-state index is 0.123. The van der Waals surface area contributed by atoms with E-state index in [0.717, 1.165) is 16.0 Å². The van der Waals surface area contributed by atoms with Crippen LogP contribution in [0.4, 0.5) is 5.69 Å². The van der Waals surface area contributed by atoms with Crippen molar-refractivity contribution < 1.29 is 9.59 Å². The summed E-state index contributed by atoms with van der Waals surface area (Å²) < 4.78 is 0. The Labute approximate surface area is 192 Å². The molecule has 0 spiro atoms. The summed E-state index contributed by atoms with van der Waals surface area (Å²) in [4.78, 5) is 29.7. The number of benzene rings is 3. The third kappa shape index (κ3) is 5.31. The summed E-state index contributed by atoms with van der Waals surface area (Å²) in [6.45, 7) is 0.394. The standard InChI is InChI=1S/C27H24N2O2S/c30-25(19-24-17-10-18-32-24)29(23-15-8-3-9-16-23)26(22-13-6-2-7-14-22)27(31)28-20-21-11-4-1-5-12-21/h1-18,26H,19-20H2,(H,28,31). The molecule has 3 aromatic carbocycles. The molecule has 1 atom stereocenters. The van der Waals surface area contributed by atoms with Gasteiger partial charge in [0.05, 0.1) is 6.42 Å². The molecule has 4 rings (SSSR count). The molecule has 0 aliphatic heterocycles. The van der Waals surface area contributed by atoms with Crippen molar-refractivity contribution in [2.24, 2.45) is 0 Å². The molecule has 0 bridgehead atoms. The van der Waals surface area contributed by atoms with Gasteiger partial charge in [-0.05, 0) is 34.7 Å². The van der Waals surface area contributed by atoms with Gasteiger partial charge in [0, 0.05) is 17.1 Å². The monoisotopic (exact) mass is 440 g/mol. The number of carbonyl (C=O) groups is 2. The fourth-order valence-electron chi connectivity index (χ4n) is 3.61. The van der Waals surface area contributed by atoms with E-state index in [-0.39, 0.29) is 18.2 Å². The van der Waals surface area contributed by atoms with Crippen molar-refractivity contribution in [1.29, 1.82) is 0 Å². The average molecular weight is 441 g/mol. The second-order valence-corrected chi connectivity index (χ2v) is 8.40. The van der Waals surface area contributed by atoms with E-state index in [1.807, 2.05) is 109 Å². The maximum absolute atomic E-state index is 13.6. The normalized spacial score (nSPS) is 11.5. The number of carbonyl (C=O) groups excluding carboxylic acids is 2. The number of rotatable bonds is 8. The Hall–Kier alpha value is -3.70. The molecule has 160 valence electrons. The van der Waals surface area contributed by atoms with E-state index < -0.39 is 6.04 Å². The van der Waals surface area contributed by atoms with Gasteiger partial charge in [-0.1, -0.05) is 84.9 Å². The van der Waals surface area contributed by atoms with Gasteiger partial charge in [0.1, 0.15) is 6.04 Å². The summed E-state index contributed by atoms with van der Waals surface area (Å²) in [5.41, 5.74) is 2.46. The molecule has 0 aliphatic rings. The predicted octanol–water partition coefficient (Wildman–Crippen LogP) is 5.38. The maximum Gasteiger partial charge on any atom is 0.248 e. The lowest BCUT2D eigenvalue weighted by Gasteiger charge is -2.31. The van der Waals surface area contributed by atoms with Crippen molar-refractivity contribution in [3.05, 3.63) is 125 Å². The zero-order valence-electron chi connectivity index (χ0n) is 17.6. The Morgan fingerprint density at radius 2 is 1.41 bits per heavy atom. The minimum atomic E-state index is -0.783. The van der Waals surface area contributed by atoms with Crippen LogP contribution in [0.2, 0.25) is 0 Å². The topological polar surface area (TPSA) is 49.4 Å². The first-order valence-electron chi connectivity index (χ1n) is 10.5. The highest BCUT2D eigenvalue weighted by Crippen LogP contribution is 2.29. The van der Waals surface area contributed by atoms with Crippen molar-refractivity contribution in [1.82, 2.24) is 5.32 Å². The van der Waals surface area contributed by atoms with Crippen molar-refractivity contribution in [2.75, 3.05) is 4.90 Å². The summed E-state index contributed by atoms with van der Waals surface area (Å²) in [5, 5.41) is 4.99. The van der Waals surface area contributed by atoms with Crippen molar-refractivity contribution >= 4 is 28.8 Å². The molecular weight excluding hydrogens is 416 g/mol. The van der Waals surface area contributed by atoms with E-state index in [1.54, 1.807) is 4.90 Å². The number of thiophene rings is 1. The largest absolute Gasteiger partial charge is 0.350 e. The molecule has 32 heavy (non-hydrogen) atoms. The third-order valence-electron chi connectivity index (χ3n) is 5.14. The first kappa shape index (κ1) is 21.5. The lowest BCUT2D eigenvalue weighted by atomic mass is 10.0. The molecule has 1 unspecified atom stereocenters. The molecule has 0 aliphatic carbocycles. The van der Waals surface area contributed by atoms with Crippen LogP contribution in [0.1, 0.15) is 22.0 Å². The SMILES string of the molecule is O=C(NCc1ccccc1)C(c1ccccc1)N(C(=O)Cc1cccs1)c1ccccc1. The fourth-order valence-corrected chi connectivity index (χ4v) is 4.30. The molecule has 4 aromatic rings. The Morgan fingerprint density at radius 1 is 0.781 bits per heavy atom. The summed E-state index contributed by atoms with van der Waals surface area (Å²) in [6.07, 6.45) is 0.238. The summed E-state index contributed by atoms with van der Waals surface area (Å²) in [5.74, 6) is -0.342. The molecule has 4 nitrogen and oxygen atoms in total. The number of hydrogen-bond donors (Lipinski definition) is 1. The third-order valence-corrected chi connectivity index (χ3v) is 6.02. The first-order chi connectivity index (χ1) is 15.7. The quantitative estimate of drug-likeness (QED) is 0.400. The van der Waals surface area contributed by atoms with E-state index in [1.165, 1.54) is 11.3 Å². The highest BCUT2D eigenvalue weighted by atomic mass is 32.1. The van der Waals surface area contributed by atoms with Gasteiger partial charge in [0.15, 0.2) is 0 Å². The zero-order valence-corrected chi connectivity index (χ0v) is 18.4. The van der Waals surface area contributed by atoms with Gasteiger partial charge in [-0.3, -0.25) is 14.5 Å². The molecule has 0 saturated carbocycles. The highest BCUT2D eigenvalue weighted by Gasteiger charge is 2.32. The van der Waals surface area contributed by atoms with Crippen LogP contribution in [0.15, 0.2) is 109 Å². The Balaban J connectivity index is 1.69. The summed E-state index contributed by atoms with van der Waals surface area (Å²) >= 11 is 1.54. The van der Waals surface area contributed by atoms with Gasteiger partial charge in [-0.2, -0.15) is 0 Å². The number of para-hydroxylation sites is 1. The number of hydrogen-bond acceptors (Lipinski definition) is 3. The van der Waals surface area contributed by atoms with E-state index in [0.29, 0.717) is 12.2 Å². The highest BCUT2D eigenvalue weighted by molar-refractivity contribution is 7.10. The lowest BCUT2D eigenvalue weighted by molar-refractivity contribution is -0.126. The van der Waals surface area contributed by atoms with Crippen LogP contribution in [-0.2, 0) is 22.6 Å². The van der Waals surface area contributed by atoms with Crippen LogP contribution >= 0.6 is 11.3 Å². The molecule has 0 fully saturated rings. The second kappa shape index (κ2) is 10.6. The van der Waals surface area contributed by atoms with Gasteiger partial charge in [-0.25, -0.2) is 0 Å². The fraction of sp³-hybridized carbons (Fsp3) is 0.111. The van der Waals surface area contributed by atoms with Crippen molar-refractivity contribution in [3.8, 4) is 0 Å². The van der Waals surface area contributed by atoms with Gasteiger partial charge in [0.25, 0.3) is 0 Å². The van der Waals surface area contributed by atoms with Crippen LogP contribution in [0, 0.1) is 0 Å². The van der Waals surface area contributed by atoms with Crippen LogP contribution in [0.3, 0.4) is 0 Å². The maximum atomic E-state index is 13.6. The Bertz CT molecular complexity index is 1130. The average Bonchev–Trinajstić information content (AvgIpc) is 3.35. The van der Waals surface area contributed by atoms with Gasteiger partial charge < -0.3 is 5.32 Å². The first-order valence-corrected chi connectivity index (χ1v) is 11.4. The molecule has 2 amide bonds. The number of amides is 2. The van der Waals surface area contributed by atoms with Crippen LogP contribution < -0.4 is 10.2 Å². The summed E-state index contributed by atoms with van der Waals surface area (Å²) in [7, 11) is 0. The number of nitrogens with zero attached hydrogens (tertiary/aromatic N) is 1. The molecular formula is C27H24N2O2S. The molecule has 1 aromatic heterocycles. The van der Waals surface area contributed by atoms with E-state index >= 15 is 0 Å². The second-order valence-electron chi connectivity index (χ2n) is 7.37. The van der Waals surface area contributed by atoms with E-state index in [4.69, 9.17) is 0 Å². The molecule has 1 heterocycles. The predicted molar refractivity (Wildman–Crippen MR) is 129 cm³/mol. The Morgan fingerprint density at radius 3 is 2.03 bits per heavy atom. The molecule has 0 saturated heterocycles. The van der Waals surface area contributed by atoms with Crippen molar-refractivity contribution in [3.63, 3.8) is 0 Å².